The summed E-state index contributed by atoms with van der Waals surface area (Å²) in [4.78, 5) is 0.244. The molecule has 1 heterocycles. The first-order valence-corrected chi connectivity index (χ1v) is 10.6. The molecule has 0 aromatic heterocycles. The maximum atomic E-state index is 11.0. The number of aliphatic hydroxyl groups excluding tert-OH is 1. The monoisotopic (exact) mass is 446 g/mol. The third kappa shape index (κ3) is 2.97. The van der Waals surface area contributed by atoms with Gasteiger partial charge in [0.25, 0.3) is 0 Å². The molecule has 0 aromatic rings. The maximum Gasteiger partial charge on any atom is 0.109 e. The van der Waals surface area contributed by atoms with Gasteiger partial charge in [-0.2, -0.15) is 0 Å². The summed E-state index contributed by atoms with van der Waals surface area (Å²) < 4.78 is 7.59. The lowest BCUT2D eigenvalue weighted by Gasteiger charge is -2.56. The van der Waals surface area contributed by atoms with E-state index in [1.54, 1.807) is 0 Å². The van der Waals surface area contributed by atoms with E-state index in [1.165, 1.54) is 5.57 Å². The van der Waals surface area contributed by atoms with Crippen molar-refractivity contribution in [1.29, 1.82) is 0 Å². The smallest absolute Gasteiger partial charge is 0.109 e. The van der Waals surface area contributed by atoms with Crippen LogP contribution in [0.25, 0.3) is 0 Å². The van der Waals surface area contributed by atoms with Gasteiger partial charge in [-0.15, -0.1) is 0 Å². The number of alkyl halides is 1. The van der Waals surface area contributed by atoms with Crippen molar-refractivity contribution in [2.24, 2.45) is 23.7 Å². The van der Waals surface area contributed by atoms with Crippen LogP contribution in [0.5, 0.6) is 0 Å². The number of halogens is 2. The Bertz CT molecular complexity index is 537. The molecule has 1 N–H and O–H groups in total. The number of rotatable bonds is 2. The van der Waals surface area contributed by atoms with Crippen LogP contribution in [0.1, 0.15) is 53.4 Å². The van der Waals surface area contributed by atoms with Crippen molar-refractivity contribution in [2.45, 2.75) is 69.9 Å². The average Bonchev–Trinajstić information content (AvgIpc) is 2.48. The number of allylic oxidation sites excluding steroid dienone is 3. The van der Waals surface area contributed by atoms with Crippen molar-refractivity contribution in [2.75, 3.05) is 0 Å². The minimum absolute atomic E-state index is 0.0336. The summed E-state index contributed by atoms with van der Waals surface area (Å²) in [6.07, 6.45) is 6.89. The van der Waals surface area contributed by atoms with Crippen LogP contribution in [-0.2, 0) is 4.74 Å². The Morgan fingerprint density at radius 3 is 2.74 bits per heavy atom. The van der Waals surface area contributed by atoms with Crippen LogP contribution in [0.2, 0.25) is 0 Å². The number of aliphatic hydroxyl groups is 1. The summed E-state index contributed by atoms with van der Waals surface area (Å²) in [6, 6.07) is 0. The predicted molar refractivity (Wildman–Crippen MR) is 102 cm³/mol. The van der Waals surface area contributed by atoms with Crippen LogP contribution in [0.4, 0.5) is 0 Å². The zero-order valence-electron chi connectivity index (χ0n) is 14.5. The van der Waals surface area contributed by atoms with Crippen LogP contribution in [0.3, 0.4) is 0 Å². The standard InChI is InChI=1S/C19H28Br2O2/c1-5-6-11-15(20)17(22)14-12-9-10(2)7-8-13(12)19(3,4)23-18(14)16(11)21/h9,11-14,16,18,22H,5-8H2,1-4H3/t11?,12-,13?,14?,16?,18?/m1/s1. The molecule has 1 fully saturated rings. The fourth-order valence-corrected chi connectivity index (χ4v) is 7.01. The van der Waals surface area contributed by atoms with Gasteiger partial charge in [-0.25, -0.2) is 0 Å². The molecular formula is C19H28Br2O2. The molecule has 0 amide bonds. The number of fused-ring (bicyclic) bond motifs is 3. The van der Waals surface area contributed by atoms with Crippen LogP contribution in [0, 0.1) is 23.7 Å². The van der Waals surface area contributed by atoms with E-state index in [-0.39, 0.29) is 22.5 Å². The molecular weight excluding hydrogens is 420 g/mol. The minimum Gasteiger partial charge on any atom is -0.511 e. The number of hydrogen-bond donors (Lipinski definition) is 1. The molecule has 1 aliphatic heterocycles. The minimum atomic E-state index is -0.143. The van der Waals surface area contributed by atoms with E-state index < -0.39 is 0 Å². The van der Waals surface area contributed by atoms with Gasteiger partial charge in [0.15, 0.2) is 0 Å². The van der Waals surface area contributed by atoms with Crippen molar-refractivity contribution in [3.63, 3.8) is 0 Å². The second-order valence-electron chi connectivity index (χ2n) is 8.02. The fraction of sp³-hybridized carbons (Fsp3) is 0.789. The topological polar surface area (TPSA) is 29.5 Å². The summed E-state index contributed by atoms with van der Waals surface area (Å²) in [5.74, 6) is 1.72. The van der Waals surface area contributed by atoms with Crippen LogP contribution in [0.15, 0.2) is 21.9 Å². The largest absolute Gasteiger partial charge is 0.511 e. The molecule has 0 aromatic carbocycles. The molecule has 0 spiro atoms. The molecule has 23 heavy (non-hydrogen) atoms. The summed E-state index contributed by atoms with van der Waals surface area (Å²) >= 11 is 7.63. The van der Waals surface area contributed by atoms with E-state index in [0.717, 1.165) is 30.2 Å². The fourth-order valence-electron chi connectivity index (χ4n) is 4.91. The average molecular weight is 448 g/mol. The summed E-state index contributed by atoms with van der Waals surface area (Å²) in [5, 5.41) is 11.0. The number of ether oxygens (including phenoxy) is 1. The van der Waals surface area contributed by atoms with Crippen LogP contribution in [-0.4, -0.2) is 21.6 Å². The van der Waals surface area contributed by atoms with E-state index in [0.29, 0.717) is 23.5 Å². The Morgan fingerprint density at radius 2 is 2.09 bits per heavy atom. The van der Waals surface area contributed by atoms with Gasteiger partial charge >= 0.3 is 0 Å². The lowest BCUT2D eigenvalue weighted by Crippen LogP contribution is -2.59. The SMILES string of the molecule is CCCC1C(Br)=C(O)C2C(OC(C)(C)C3CCC(C)=C[C@@H]23)C1Br. The molecule has 4 heteroatoms. The Morgan fingerprint density at radius 1 is 1.39 bits per heavy atom. The van der Waals surface area contributed by atoms with E-state index in [9.17, 15) is 5.11 Å². The van der Waals surface area contributed by atoms with E-state index in [4.69, 9.17) is 4.74 Å². The highest BCUT2D eigenvalue weighted by atomic mass is 79.9. The Hall–Kier alpha value is 0.200. The lowest BCUT2D eigenvalue weighted by atomic mass is 9.61. The quantitative estimate of drug-likeness (QED) is 0.408. The van der Waals surface area contributed by atoms with Gasteiger partial charge in [-0.05, 0) is 51.9 Å². The summed E-state index contributed by atoms with van der Waals surface area (Å²) in [7, 11) is 0. The molecule has 0 saturated carbocycles. The third-order valence-corrected chi connectivity index (χ3v) is 8.23. The zero-order valence-corrected chi connectivity index (χ0v) is 17.7. The third-order valence-electron chi connectivity index (χ3n) is 6.08. The van der Waals surface area contributed by atoms with Gasteiger partial charge in [0.05, 0.1) is 17.6 Å². The molecule has 0 radical (unpaired) electrons. The van der Waals surface area contributed by atoms with Gasteiger partial charge in [-0.3, -0.25) is 0 Å². The van der Waals surface area contributed by atoms with E-state index >= 15 is 0 Å². The predicted octanol–water partition coefficient (Wildman–Crippen LogP) is 6.11. The van der Waals surface area contributed by atoms with Crippen molar-refractivity contribution in [3.8, 4) is 0 Å². The summed E-state index contributed by atoms with van der Waals surface area (Å²) in [5.41, 5.74) is 1.31. The van der Waals surface area contributed by atoms with Crippen molar-refractivity contribution >= 4 is 31.9 Å². The Labute approximate surface area is 157 Å². The van der Waals surface area contributed by atoms with E-state index in [2.05, 4.69) is 65.6 Å². The van der Waals surface area contributed by atoms with Crippen LogP contribution >= 0.6 is 31.9 Å². The first-order valence-electron chi connectivity index (χ1n) is 8.85. The summed E-state index contributed by atoms with van der Waals surface area (Å²) in [6.45, 7) is 8.87. The molecule has 1 saturated heterocycles. The molecule has 130 valence electrons. The van der Waals surface area contributed by atoms with Gasteiger partial charge < -0.3 is 9.84 Å². The highest BCUT2D eigenvalue weighted by Gasteiger charge is 2.56. The molecule has 3 rings (SSSR count). The molecule has 0 bridgehead atoms. The molecule has 2 aliphatic carbocycles. The normalized spacial score (nSPS) is 42.8. The highest BCUT2D eigenvalue weighted by Crippen LogP contribution is 2.55. The molecule has 3 aliphatic rings. The van der Waals surface area contributed by atoms with E-state index in [1.807, 2.05) is 0 Å². The first-order chi connectivity index (χ1) is 10.8. The Kier molecular flexibility index (Phi) is 5.08. The lowest BCUT2D eigenvalue weighted by molar-refractivity contribution is -0.191. The molecule has 2 nitrogen and oxygen atoms in total. The van der Waals surface area contributed by atoms with Crippen molar-refractivity contribution < 1.29 is 9.84 Å². The van der Waals surface area contributed by atoms with Gasteiger partial charge in [-0.1, -0.05) is 56.9 Å². The van der Waals surface area contributed by atoms with Crippen LogP contribution < -0.4 is 0 Å². The van der Waals surface area contributed by atoms with Gasteiger partial charge in [0, 0.05) is 15.2 Å². The first kappa shape index (κ1) is 18.0. The molecule has 5 unspecified atom stereocenters. The maximum absolute atomic E-state index is 11.0. The van der Waals surface area contributed by atoms with Gasteiger partial charge in [0.1, 0.15) is 5.76 Å². The second kappa shape index (κ2) is 6.49. The molecule has 6 atom stereocenters. The number of hydrogen-bond acceptors (Lipinski definition) is 2. The highest BCUT2D eigenvalue weighted by molar-refractivity contribution is 9.12. The van der Waals surface area contributed by atoms with Crippen molar-refractivity contribution in [1.82, 2.24) is 0 Å². The van der Waals surface area contributed by atoms with Crippen molar-refractivity contribution in [3.05, 3.63) is 21.9 Å². The zero-order chi connectivity index (χ0) is 16.9. The second-order valence-corrected chi connectivity index (χ2v) is 9.93. The Balaban J connectivity index is 2.06. The van der Waals surface area contributed by atoms with Gasteiger partial charge in [0.2, 0.25) is 0 Å².